The molecular formula is C28H40N2O4. The topological polar surface area (TPSA) is 83.6 Å². The van der Waals surface area contributed by atoms with Crippen LogP contribution in [-0.4, -0.2) is 35.1 Å². The number of hydrogen-bond acceptors (Lipinski definition) is 6. The van der Waals surface area contributed by atoms with E-state index in [1.165, 1.54) is 0 Å². The van der Waals surface area contributed by atoms with Crippen LogP contribution in [0.25, 0.3) is 0 Å². The summed E-state index contributed by atoms with van der Waals surface area (Å²) in [5.74, 6) is 1.69. The van der Waals surface area contributed by atoms with Crippen molar-refractivity contribution in [3.63, 3.8) is 0 Å². The SMILES string of the molecule is CCCCOc1ccc(/C(CCCCCCC/C(=N/O)c2ccc(OCCC)cc2)=N\O)cc1. The van der Waals surface area contributed by atoms with E-state index in [4.69, 9.17) is 9.47 Å². The Bertz CT molecular complexity index is 861. The number of benzene rings is 2. The summed E-state index contributed by atoms with van der Waals surface area (Å²) in [5.41, 5.74) is 3.28. The van der Waals surface area contributed by atoms with Gasteiger partial charge in [0.1, 0.15) is 11.5 Å². The van der Waals surface area contributed by atoms with Crippen LogP contribution in [0.3, 0.4) is 0 Å². The van der Waals surface area contributed by atoms with Gasteiger partial charge in [0.15, 0.2) is 0 Å². The molecule has 0 aliphatic heterocycles. The molecule has 186 valence electrons. The molecule has 2 aromatic rings. The monoisotopic (exact) mass is 468 g/mol. The van der Waals surface area contributed by atoms with Gasteiger partial charge in [0.05, 0.1) is 24.6 Å². The molecule has 2 aromatic carbocycles. The van der Waals surface area contributed by atoms with Crippen molar-refractivity contribution >= 4 is 11.4 Å². The molecule has 0 atom stereocenters. The summed E-state index contributed by atoms with van der Waals surface area (Å²) in [6, 6.07) is 15.5. The maximum absolute atomic E-state index is 9.43. The lowest BCUT2D eigenvalue weighted by Gasteiger charge is -2.09. The molecule has 0 aromatic heterocycles. The highest BCUT2D eigenvalue weighted by Gasteiger charge is 2.07. The summed E-state index contributed by atoms with van der Waals surface area (Å²) < 4.78 is 11.3. The maximum Gasteiger partial charge on any atom is 0.119 e. The van der Waals surface area contributed by atoms with Gasteiger partial charge >= 0.3 is 0 Å². The fraction of sp³-hybridized carbons (Fsp3) is 0.500. The number of hydrogen-bond donors (Lipinski definition) is 2. The summed E-state index contributed by atoms with van der Waals surface area (Å²) in [6.07, 6.45) is 9.75. The van der Waals surface area contributed by atoms with Crippen LogP contribution in [0.1, 0.15) is 89.2 Å². The van der Waals surface area contributed by atoms with Crippen LogP contribution in [-0.2, 0) is 0 Å². The highest BCUT2D eigenvalue weighted by molar-refractivity contribution is 6.00. The second kappa shape index (κ2) is 16.6. The number of ether oxygens (including phenoxy) is 2. The molecule has 0 heterocycles. The minimum Gasteiger partial charge on any atom is -0.494 e. The molecule has 0 unspecified atom stereocenters. The Labute approximate surface area is 204 Å². The summed E-state index contributed by atoms with van der Waals surface area (Å²) in [4.78, 5) is 0. The van der Waals surface area contributed by atoms with Crippen molar-refractivity contribution in [2.75, 3.05) is 13.2 Å². The molecule has 2 rings (SSSR count). The number of nitrogens with zero attached hydrogens (tertiary/aromatic N) is 2. The smallest absolute Gasteiger partial charge is 0.119 e. The Hall–Kier alpha value is -3.02. The van der Waals surface area contributed by atoms with E-state index in [0.717, 1.165) is 93.4 Å². The Morgan fingerprint density at radius 1 is 0.588 bits per heavy atom. The van der Waals surface area contributed by atoms with Crippen molar-refractivity contribution in [3.05, 3.63) is 59.7 Å². The second-order valence-corrected chi connectivity index (χ2v) is 8.46. The first-order chi connectivity index (χ1) is 16.7. The maximum atomic E-state index is 9.43. The van der Waals surface area contributed by atoms with Crippen LogP contribution < -0.4 is 9.47 Å². The van der Waals surface area contributed by atoms with Crippen molar-refractivity contribution in [1.82, 2.24) is 0 Å². The predicted molar refractivity (Wildman–Crippen MR) is 138 cm³/mol. The van der Waals surface area contributed by atoms with Gasteiger partial charge in [0.25, 0.3) is 0 Å². The number of oxime groups is 2. The molecule has 34 heavy (non-hydrogen) atoms. The third-order valence-electron chi connectivity index (χ3n) is 5.68. The Morgan fingerprint density at radius 3 is 1.44 bits per heavy atom. The summed E-state index contributed by atoms with van der Waals surface area (Å²) >= 11 is 0. The van der Waals surface area contributed by atoms with Crippen molar-refractivity contribution < 1.29 is 19.9 Å². The molecule has 0 aliphatic rings. The molecular weight excluding hydrogens is 428 g/mol. The van der Waals surface area contributed by atoms with E-state index in [1.54, 1.807) is 0 Å². The van der Waals surface area contributed by atoms with Gasteiger partial charge in [0.2, 0.25) is 0 Å². The largest absolute Gasteiger partial charge is 0.494 e. The summed E-state index contributed by atoms with van der Waals surface area (Å²) in [6.45, 7) is 5.64. The van der Waals surface area contributed by atoms with Crippen LogP contribution in [0.15, 0.2) is 58.8 Å². The lowest BCUT2D eigenvalue weighted by Crippen LogP contribution is -2.03. The fourth-order valence-electron chi connectivity index (χ4n) is 3.66. The van der Waals surface area contributed by atoms with Gasteiger partial charge in [-0.25, -0.2) is 0 Å². The van der Waals surface area contributed by atoms with Crippen LogP contribution in [0, 0.1) is 0 Å². The molecule has 0 saturated carbocycles. The fourth-order valence-corrected chi connectivity index (χ4v) is 3.66. The van der Waals surface area contributed by atoms with Crippen molar-refractivity contribution in [2.45, 2.75) is 78.1 Å². The van der Waals surface area contributed by atoms with Crippen LogP contribution in [0.4, 0.5) is 0 Å². The van der Waals surface area contributed by atoms with E-state index in [0.29, 0.717) is 18.0 Å². The standard InChI is InChI=1S/C28H40N2O4/c1-3-5-22-34-26-19-15-24(16-20-26)28(30-32)12-10-8-6-7-9-11-27(29-31)23-13-17-25(18-14-23)33-21-4-2/h13-20,31-32H,3-12,21-22H2,1-2H3/b29-27-,30-28-. The average molecular weight is 469 g/mol. The van der Waals surface area contributed by atoms with Gasteiger partial charge < -0.3 is 19.9 Å². The van der Waals surface area contributed by atoms with E-state index in [1.807, 2.05) is 48.5 Å². The molecule has 0 amide bonds. The molecule has 0 bridgehead atoms. The number of rotatable bonds is 17. The molecule has 0 spiro atoms. The zero-order valence-electron chi connectivity index (χ0n) is 20.7. The van der Waals surface area contributed by atoms with Gasteiger partial charge in [-0.15, -0.1) is 0 Å². The highest BCUT2D eigenvalue weighted by atomic mass is 16.5. The third kappa shape index (κ3) is 9.86. The first-order valence-electron chi connectivity index (χ1n) is 12.6. The Balaban J connectivity index is 1.65. The molecule has 6 nitrogen and oxygen atoms in total. The first-order valence-corrected chi connectivity index (χ1v) is 12.6. The summed E-state index contributed by atoms with van der Waals surface area (Å²) in [7, 11) is 0. The summed E-state index contributed by atoms with van der Waals surface area (Å²) in [5, 5.41) is 25.9. The zero-order valence-corrected chi connectivity index (χ0v) is 20.7. The number of unbranched alkanes of at least 4 members (excludes halogenated alkanes) is 5. The van der Waals surface area contributed by atoms with E-state index in [9.17, 15) is 10.4 Å². The van der Waals surface area contributed by atoms with Crippen LogP contribution in [0.5, 0.6) is 11.5 Å². The van der Waals surface area contributed by atoms with Gasteiger partial charge in [-0.2, -0.15) is 0 Å². The van der Waals surface area contributed by atoms with Crippen LogP contribution in [0.2, 0.25) is 0 Å². The van der Waals surface area contributed by atoms with Crippen molar-refractivity contribution in [2.24, 2.45) is 10.3 Å². The molecule has 6 heteroatoms. The van der Waals surface area contributed by atoms with E-state index in [-0.39, 0.29) is 0 Å². The third-order valence-corrected chi connectivity index (χ3v) is 5.68. The van der Waals surface area contributed by atoms with E-state index in [2.05, 4.69) is 24.2 Å². The van der Waals surface area contributed by atoms with Crippen LogP contribution >= 0.6 is 0 Å². The minimum atomic E-state index is 0.701. The van der Waals surface area contributed by atoms with Gasteiger partial charge in [-0.1, -0.05) is 49.8 Å². The normalized spacial score (nSPS) is 12.1. The Kier molecular flexibility index (Phi) is 13.3. The quantitative estimate of drug-likeness (QED) is 0.109. The van der Waals surface area contributed by atoms with Gasteiger partial charge in [-0.05, 0) is 98.2 Å². The van der Waals surface area contributed by atoms with E-state index < -0.39 is 0 Å². The molecule has 0 aliphatic carbocycles. The molecule has 0 radical (unpaired) electrons. The van der Waals surface area contributed by atoms with Crippen molar-refractivity contribution in [3.8, 4) is 11.5 Å². The average Bonchev–Trinajstić information content (AvgIpc) is 2.88. The molecule has 0 saturated heterocycles. The van der Waals surface area contributed by atoms with Gasteiger partial charge in [-0.3, -0.25) is 0 Å². The zero-order chi connectivity index (χ0) is 24.4. The Morgan fingerprint density at radius 2 is 1.03 bits per heavy atom. The molecule has 0 fully saturated rings. The minimum absolute atomic E-state index is 0.701. The van der Waals surface area contributed by atoms with Gasteiger partial charge in [0, 0.05) is 0 Å². The predicted octanol–water partition coefficient (Wildman–Crippen LogP) is 7.44. The lowest BCUT2D eigenvalue weighted by molar-refractivity contribution is 0.309. The van der Waals surface area contributed by atoms with Crippen molar-refractivity contribution in [1.29, 1.82) is 0 Å². The highest BCUT2D eigenvalue weighted by Crippen LogP contribution is 2.18. The molecule has 2 N–H and O–H groups in total. The lowest BCUT2D eigenvalue weighted by atomic mass is 10.0. The first kappa shape index (κ1) is 27.2. The second-order valence-electron chi connectivity index (χ2n) is 8.46. The van der Waals surface area contributed by atoms with E-state index >= 15 is 0 Å².